The summed E-state index contributed by atoms with van der Waals surface area (Å²) in [7, 11) is 0. The van der Waals surface area contributed by atoms with Crippen LogP contribution in [0.3, 0.4) is 0 Å². The third kappa shape index (κ3) is 1.85. The third-order valence-corrected chi connectivity index (χ3v) is 4.94. The molecule has 0 radical (unpaired) electrons. The summed E-state index contributed by atoms with van der Waals surface area (Å²) in [6.45, 7) is 2.08. The summed E-state index contributed by atoms with van der Waals surface area (Å²) >= 11 is 1.68. The Morgan fingerprint density at radius 3 is 2.61 bits per heavy atom. The summed E-state index contributed by atoms with van der Waals surface area (Å²) < 4.78 is 0. The van der Waals surface area contributed by atoms with Crippen molar-refractivity contribution < 1.29 is 0 Å². The van der Waals surface area contributed by atoms with Gasteiger partial charge in [-0.15, -0.1) is 10.2 Å². The second-order valence-electron chi connectivity index (χ2n) is 4.91. The molecule has 0 aliphatic heterocycles. The number of aromatic nitrogens is 2. The van der Waals surface area contributed by atoms with Crippen LogP contribution in [-0.2, 0) is 5.41 Å². The lowest BCUT2D eigenvalue weighted by molar-refractivity contribution is 0.679. The minimum absolute atomic E-state index is 0.0304. The molecular weight excluding hydrogens is 242 g/mol. The molecule has 1 aliphatic rings. The molecule has 0 spiro atoms. The predicted molar refractivity (Wildman–Crippen MR) is 73.6 cm³/mol. The topological polar surface area (TPSA) is 51.8 Å². The number of nitrogens with zero attached hydrogens (tertiary/aromatic N) is 2. The minimum atomic E-state index is 0.0304. The van der Waals surface area contributed by atoms with Crippen molar-refractivity contribution in [2.75, 3.05) is 0 Å². The highest BCUT2D eigenvalue weighted by atomic mass is 32.1. The van der Waals surface area contributed by atoms with Crippen LogP contribution in [0.2, 0.25) is 0 Å². The lowest BCUT2D eigenvalue weighted by atomic mass is 9.97. The molecule has 2 aromatic rings. The van der Waals surface area contributed by atoms with E-state index < -0.39 is 0 Å². The van der Waals surface area contributed by atoms with Crippen molar-refractivity contribution in [3.63, 3.8) is 0 Å². The van der Waals surface area contributed by atoms with E-state index >= 15 is 0 Å². The second-order valence-corrected chi connectivity index (χ2v) is 5.92. The third-order valence-electron chi connectivity index (χ3n) is 3.68. The van der Waals surface area contributed by atoms with Gasteiger partial charge in [0.2, 0.25) is 0 Å². The molecule has 1 heterocycles. The first-order chi connectivity index (χ1) is 8.76. The minimum Gasteiger partial charge on any atom is -0.322 e. The van der Waals surface area contributed by atoms with Crippen LogP contribution in [0.1, 0.15) is 47.8 Å². The highest BCUT2D eigenvalue weighted by molar-refractivity contribution is 7.11. The SMILES string of the molecule is CCC(N)c1nnc(C2(c3ccccc3)CC2)s1. The molecule has 1 unspecified atom stereocenters. The summed E-state index contributed by atoms with van der Waals surface area (Å²) in [6, 6.07) is 10.6. The molecule has 1 aromatic heterocycles. The average Bonchev–Trinajstić information content (AvgIpc) is 3.10. The number of hydrogen-bond acceptors (Lipinski definition) is 4. The van der Waals surface area contributed by atoms with Crippen LogP contribution in [0.25, 0.3) is 0 Å². The Kier molecular flexibility index (Phi) is 2.92. The van der Waals surface area contributed by atoms with Crippen LogP contribution in [0, 0.1) is 0 Å². The molecule has 1 fully saturated rings. The van der Waals surface area contributed by atoms with Gasteiger partial charge in [-0.25, -0.2) is 0 Å². The molecular formula is C14H17N3S. The van der Waals surface area contributed by atoms with Crippen LogP contribution in [-0.4, -0.2) is 10.2 Å². The molecule has 2 N–H and O–H groups in total. The van der Waals surface area contributed by atoms with Gasteiger partial charge in [0.1, 0.15) is 10.0 Å². The fourth-order valence-corrected chi connectivity index (χ4v) is 3.46. The Labute approximate surface area is 111 Å². The van der Waals surface area contributed by atoms with Gasteiger partial charge in [-0.05, 0) is 24.8 Å². The molecule has 3 rings (SSSR count). The smallest absolute Gasteiger partial charge is 0.134 e. The van der Waals surface area contributed by atoms with Gasteiger partial charge in [-0.2, -0.15) is 0 Å². The van der Waals surface area contributed by atoms with Gasteiger partial charge in [-0.1, -0.05) is 48.6 Å². The van der Waals surface area contributed by atoms with E-state index in [1.54, 1.807) is 11.3 Å². The summed E-state index contributed by atoms with van der Waals surface area (Å²) in [4.78, 5) is 0. The van der Waals surface area contributed by atoms with Gasteiger partial charge < -0.3 is 5.73 Å². The molecule has 4 heteroatoms. The zero-order valence-corrected chi connectivity index (χ0v) is 11.3. The molecule has 1 atom stereocenters. The van der Waals surface area contributed by atoms with Gasteiger partial charge in [0, 0.05) is 5.41 Å². The van der Waals surface area contributed by atoms with E-state index in [1.807, 2.05) is 0 Å². The van der Waals surface area contributed by atoms with Crippen molar-refractivity contribution in [3.8, 4) is 0 Å². The van der Waals surface area contributed by atoms with E-state index in [-0.39, 0.29) is 11.5 Å². The Balaban J connectivity index is 1.93. The number of benzene rings is 1. The summed E-state index contributed by atoms with van der Waals surface area (Å²) in [6.07, 6.45) is 3.26. The zero-order valence-electron chi connectivity index (χ0n) is 10.5. The number of rotatable bonds is 4. The standard InChI is InChI=1S/C14H17N3S/c1-2-11(15)12-16-17-13(18-12)14(8-9-14)10-6-4-3-5-7-10/h3-7,11H,2,8-9,15H2,1H3. The van der Waals surface area contributed by atoms with Crippen LogP contribution in [0.4, 0.5) is 0 Å². The van der Waals surface area contributed by atoms with Crippen LogP contribution < -0.4 is 5.73 Å². The molecule has 1 saturated carbocycles. The number of hydrogen-bond donors (Lipinski definition) is 1. The fraction of sp³-hybridized carbons (Fsp3) is 0.429. The maximum absolute atomic E-state index is 6.02. The summed E-state index contributed by atoms with van der Waals surface area (Å²) in [5, 5.41) is 10.7. The first-order valence-corrected chi connectivity index (χ1v) is 7.23. The van der Waals surface area contributed by atoms with Gasteiger partial charge in [0.25, 0.3) is 0 Å². The van der Waals surface area contributed by atoms with E-state index in [0.717, 1.165) is 16.4 Å². The quantitative estimate of drug-likeness (QED) is 0.918. The van der Waals surface area contributed by atoms with Crippen molar-refractivity contribution in [1.82, 2.24) is 10.2 Å². The Morgan fingerprint density at radius 1 is 1.28 bits per heavy atom. The van der Waals surface area contributed by atoms with Gasteiger partial charge in [0.15, 0.2) is 0 Å². The molecule has 0 saturated heterocycles. The van der Waals surface area contributed by atoms with Crippen molar-refractivity contribution in [2.24, 2.45) is 5.73 Å². The van der Waals surface area contributed by atoms with Crippen LogP contribution in [0.15, 0.2) is 30.3 Å². The maximum Gasteiger partial charge on any atom is 0.134 e. The average molecular weight is 259 g/mol. The van der Waals surface area contributed by atoms with Gasteiger partial charge >= 0.3 is 0 Å². The molecule has 0 bridgehead atoms. The number of nitrogens with two attached hydrogens (primary N) is 1. The molecule has 18 heavy (non-hydrogen) atoms. The molecule has 0 amide bonds. The lowest BCUT2D eigenvalue weighted by Crippen LogP contribution is -2.08. The lowest BCUT2D eigenvalue weighted by Gasteiger charge is -2.11. The van der Waals surface area contributed by atoms with Crippen molar-refractivity contribution in [3.05, 3.63) is 45.9 Å². The maximum atomic E-state index is 6.02. The first kappa shape index (κ1) is 11.8. The molecule has 3 nitrogen and oxygen atoms in total. The predicted octanol–water partition coefficient (Wildman–Crippen LogP) is 3.03. The van der Waals surface area contributed by atoms with E-state index in [2.05, 4.69) is 47.5 Å². The highest BCUT2D eigenvalue weighted by Crippen LogP contribution is 2.54. The van der Waals surface area contributed by atoms with Crippen molar-refractivity contribution >= 4 is 11.3 Å². The van der Waals surface area contributed by atoms with Crippen LogP contribution in [0.5, 0.6) is 0 Å². The molecule has 1 aliphatic carbocycles. The first-order valence-electron chi connectivity index (χ1n) is 6.41. The fourth-order valence-electron chi connectivity index (χ4n) is 2.26. The van der Waals surface area contributed by atoms with E-state index in [9.17, 15) is 0 Å². The largest absolute Gasteiger partial charge is 0.322 e. The normalized spacial score (nSPS) is 18.6. The monoisotopic (exact) mass is 259 g/mol. The zero-order chi connectivity index (χ0) is 12.6. The second kappa shape index (κ2) is 4.44. The van der Waals surface area contributed by atoms with E-state index in [0.29, 0.717) is 0 Å². The Morgan fingerprint density at radius 2 is 2.00 bits per heavy atom. The molecule has 94 valence electrons. The summed E-state index contributed by atoms with van der Waals surface area (Å²) in [5.74, 6) is 0. The Hall–Kier alpha value is -1.26. The van der Waals surface area contributed by atoms with Crippen molar-refractivity contribution in [2.45, 2.75) is 37.6 Å². The van der Waals surface area contributed by atoms with Gasteiger partial charge in [-0.3, -0.25) is 0 Å². The van der Waals surface area contributed by atoms with E-state index in [4.69, 9.17) is 5.73 Å². The molecule has 1 aromatic carbocycles. The van der Waals surface area contributed by atoms with Gasteiger partial charge in [0.05, 0.1) is 6.04 Å². The van der Waals surface area contributed by atoms with Crippen molar-refractivity contribution in [1.29, 1.82) is 0 Å². The van der Waals surface area contributed by atoms with E-state index in [1.165, 1.54) is 18.4 Å². The highest BCUT2D eigenvalue weighted by Gasteiger charge is 2.48. The van der Waals surface area contributed by atoms with Crippen LogP contribution >= 0.6 is 11.3 Å². The summed E-state index contributed by atoms with van der Waals surface area (Å²) in [5.41, 5.74) is 7.51. The Bertz CT molecular complexity index is 531.